The minimum absolute atomic E-state index is 0.161. The van der Waals surface area contributed by atoms with E-state index in [-0.39, 0.29) is 5.91 Å². The van der Waals surface area contributed by atoms with Gasteiger partial charge in [-0.3, -0.25) is 4.79 Å². The summed E-state index contributed by atoms with van der Waals surface area (Å²) < 4.78 is 11.8. The fourth-order valence-corrected chi connectivity index (χ4v) is 1.72. The fraction of sp³-hybridized carbons (Fsp3) is 0.308. The molecule has 0 spiro atoms. The molecule has 0 aromatic heterocycles. The first-order valence-corrected chi connectivity index (χ1v) is 6.47. The zero-order chi connectivity index (χ0) is 13.0. The highest BCUT2D eigenvalue weighted by molar-refractivity contribution is 9.11. The highest BCUT2D eigenvalue weighted by atomic mass is 79.9. The third kappa shape index (κ3) is 3.26. The normalized spacial score (nSPS) is 13.6. The lowest BCUT2D eigenvalue weighted by Crippen LogP contribution is -2.24. The number of halogens is 1. The molecular formula is C13H14BrNO3. The van der Waals surface area contributed by atoms with Gasteiger partial charge in [-0.05, 0) is 18.2 Å². The van der Waals surface area contributed by atoms with Gasteiger partial charge in [0, 0.05) is 23.0 Å². The van der Waals surface area contributed by atoms with Crippen LogP contribution in [0.1, 0.15) is 16.8 Å². The molecule has 1 heterocycles. The number of carbonyl (C=O) groups excluding carboxylic acids is 1. The number of rotatable bonds is 3. The molecule has 0 aliphatic carbocycles. The van der Waals surface area contributed by atoms with Crippen molar-refractivity contribution in [2.45, 2.75) is 6.42 Å². The largest absolute Gasteiger partial charge is 0.490 e. The summed E-state index contributed by atoms with van der Waals surface area (Å²) in [6.07, 6.45) is 0.847. The van der Waals surface area contributed by atoms with Gasteiger partial charge in [0.1, 0.15) is 0 Å². The lowest BCUT2D eigenvalue weighted by molar-refractivity contribution is 0.0957. The molecule has 0 saturated carbocycles. The van der Waals surface area contributed by atoms with E-state index >= 15 is 0 Å². The second kappa shape index (κ2) is 5.91. The molecule has 1 aliphatic rings. The first-order chi connectivity index (χ1) is 8.66. The van der Waals surface area contributed by atoms with Crippen molar-refractivity contribution in [3.63, 3.8) is 0 Å². The van der Waals surface area contributed by atoms with Crippen LogP contribution in [-0.4, -0.2) is 25.7 Å². The monoisotopic (exact) mass is 311 g/mol. The predicted molar refractivity (Wildman–Crippen MR) is 72.4 cm³/mol. The van der Waals surface area contributed by atoms with Crippen LogP contribution in [0.2, 0.25) is 0 Å². The Hall–Kier alpha value is -1.49. The second-order valence-electron chi connectivity index (χ2n) is 3.91. The van der Waals surface area contributed by atoms with Crippen LogP contribution < -0.4 is 14.8 Å². The molecule has 1 aromatic rings. The molecular weight excluding hydrogens is 298 g/mol. The van der Waals surface area contributed by atoms with Crippen LogP contribution in [-0.2, 0) is 0 Å². The summed E-state index contributed by atoms with van der Waals surface area (Å²) in [5.74, 6) is 1.15. The summed E-state index contributed by atoms with van der Waals surface area (Å²) in [4.78, 5) is 11.9. The van der Waals surface area contributed by atoms with Gasteiger partial charge in [-0.1, -0.05) is 22.5 Å². The van der Waals surface area contributed by atoms with Crippen LogP contribution in [0.3, 0.4) is 0 Å². The minimum atomic E-state index is -0.161. The van der Waals surface area contributed by atoms with Crippen molar-refractivity contribution in [1.82, 2.24) is 5.32 Å². The van der Waals surface area contributed by atoms with Crippen molar-refractivity contribution in [2.24, 2.45) is 0 Å². The number of fused-ring (bicyclic) bond motifs is 1. The third-order valence-electron chi connectivity index (χ3n) is 2.45. The predicted octanol–water partition coefficient (Wildman–Crippen LogP) is 2.49. The van der Waals surface area contributed by atoms with Gasteiger partial charge >= 0.3 is 0 Å². The average molecular weight is 312 g/mol. The molecule has 1 aromatic carbocycles. The SMILES string of the molecule is C=C(Br)CNC(=O)c1ccc2c(c1)OCCCO2. The van der Waals surface area contributed by atoms with Crippen LogP contribution in [0.15, 0.2) is 29.3 Å². The Morgan fingerprint density at radius 3 is 2.78 bits per heavy atom. The maximum Gasteiger partial charge on any atom is 0.251 e. The van der Waals surface area contributed by atoms with Crippen LogP contribution in [0.25, 0.3) is 0 Å². The van der Waals surface area contributed by atoms with Crippen LogP contribution in [0, 0.1) is 0 Å². The zero-order valence-electron chi connectivity index (χ0n) is 9.87. The number of ether oxygens (including phenoxy) is 2. The van der Waals surface area contributed by atoms with E-state index in [9.17, 15) is 4.79 Å². The number of carbonyl (C=O) groups is 1. The van der Waals surface area contributed by atoms with Gasteiger partial charge in [0.15, 0.2) is 11.5 Å². The van der Waals surface area contributed by atoms with E-state index < -0.39 is 0 Å². The summed E-state index contributed by atoms with van der Waals surface area (Å²) in [5.41, 5.74) is 0.549. The van der Waals surface area contributed by atoms with E-state index in [1.807, 2.05) is 0 Å². The van der Waals surface area contributed by atoms with Crippen LogP contribution in [0.4, 0.5) is 0 Å². The van der Waals surface area contributed by atoms with Gasteiger partial charge in [-0.2, -0.15) is 0 Å². The molecule has 4 nitrogen and oxygen atoms in total. The molecule has 0 unspecified atom stereocenters. The quantitative estimate of drug-likeness (QED) is 0.933. The van der Waals surface area contributed by atoms with Gasteiger partial charge in [-0.15, -0.1) is 0 Å². The zero-order valence-corrected chi connectivity index (χ0v) is 11.5. The molecule has 5 heteroatoms. The average Bonchev–Trinajstić information content (AvgIpc) is 2.60. The van der Waals surface area contributed by atoms with Gasteiger partial charge in [0.05, 0.1) is 13.2 Å². The lowest BCUT2D eigenvalue weighted by Gasteiger charge is -2.09. The first-order valence-electron chi connectivity index (χ1n) is 5.68. The molecule has 2 rings (SSSR count). The van der Waals surface area contributed by atoms with E-state index in [2.05, 4.69) is 27.8 Å². The molecule has 96 valence electrons. The molecule has 1 aliphatic heterocycles. The Morgan fingerprint density at radius 2 is 2.06 bits per heavy atom. The van der Waals surface area contributed by atoms with Crippen LogP contribution in [0.5, 0.6) is 11.5 Å². The molecule has 0 bridgehead atoms. The summed E-state index contributed by atoms with van der Waals surface area (Å²) in [6, 6.07) is 5.19. The molecule has 1 amide bonds. The topological polar surface area (TPSA) is 47.6 Å². The van der Waals surface area contributed by atoms with Gasteiger partial charge < -0.3 is 14.8 Å². The van der Waals surface area contributed by atoms with Crippen molar-refractivity contribution in [3.05, 3.63) is 34.8 Å². The summed E-state index contributed by atoms with van der Waals surface area (Å²) in [7, 11) is 0. The van der Waals surface area contributed by atoms with E-state index in [0.717, 1.165) is 10.9 Å². The summed E-state index contributed by atoms with van der Waals surface area (Å²) in [6.45, 7) is 5.30. The Bertz CT molecular complexity index is 473. The summed E-state index contributed by atoms with van der Waals surface area (Å²) >= 11 is 3.19. The highest BCUT2D eigenvalue weighted by Crippen LogP contribution is 2.30. The Balaban J connectivity index is 2.12. The van der Waals surface area contributed by atoms with E-state index in [0.29, 0.717) is 36.8 Å². The standard InChI is InChI=1S/C13H14BrNO3/c1-9(14)8-15-13(16)10-3-4-11-12(7-10)18-6-2-5-17-11/h3-4,7H,1-2,5-6,8H2,(H,15,16). The Morgan fingerprint density at radius 1 is 1.33 bits per heavy atom. The first kappa shape index (κ1) is 13.0. The molecule has 0 atom stereocenters. The molecule has 0 fully saturated rings. The molecule has 18 heavy (non-hydrogen) atoms. The van der Waals surface area contributed by atoms with E-state index in [4.69, 9.17) is 9.47 Å². The number of nitrogens with one attached hydrogen (secondary N) is 1. The van der Waals surface area contributed by atoms with Gasteiger partial charge in [0.2, 0.25) is 0 Å². The van der Waals surface area contributed by atoms with Crippen molar-refractivity contribution in [3.8, 4) is 11.5 Å². The number of hydrogen-bond acceptors (Lipinski definition) is 3. The minimum Gasteiger partial charge on any atom is -0.490 e. The van der Waals surface area contributed by atoms with Gasteiger partial charge in [0.25, 0.3) is 5.91 Å². The number of amides is 1. The van der Waals surface area contributed by atoms with Crippen molar-refractivity contribution in [2.75, 3.05) is 19.8 Å². The van der Waals surface area contributed by atoms with Crippen LogP contribution >= 0.6 is 15.9 Å². The van der Waals surface area contributed by atoms with E-state index in [1.54, 1.807) is 18.2 Å². The lowest BCUT2D eigenvalue weighted by atomic mass is 10.2. The third-order valence-corrected chi connectivity index (χ3v) is 2.73. The maximum absolute atomic E-state index is 11.9. The fourth-order valence-electron chi connectivity index (χ4n) is 1.58. The van der Waals surface area contributed by atoms with Crippen molar-refractivity contribution < 1.29 is 14.3 Å². The van der Waals surface area contributed by atoms with E-state index in [1.165, 1.54) is 0 Å². The smallest absolute Gasteiger partial charge is 0.251 e. The summed E-state index contributed by atoms with van der Waals surface area (Å²) in [5, 5.41) is 2.74. The number of benzene rings is 1. The van der Waals surface area contributed by atoms with Crippen molar-refractivity contribution in [1.29, 1.82) is 0 Å². The van der Waals surface area contributed by atoms with Gasteiger partial charge in [-0.25, -0.2) is 0 Å². The Kier molecular flexibility index (Phi) is 4.25. The Labute approximate surface area is 114 Å². The molecule has 1 N–H and O–H groups in total. The second-order valence-corrected chi connectivity index (χ2v) is 5.03. The molecule has 0 radical (unpaired) electrons. The van der Waals surface area contributed by atoms with Crippen molar-refractivity contribution >= 4 is 21.8 Å². The maximum atomic E-state index is 11.9. The molecule has 0 saturated heterocycles. The highest BCUT2D eigenvalue weighted by Gasteiger charge is 2.13. The number of hydrogen-bond donors (Lipinski definition) is 1.